The van der Waals surface area contributed by atoms with E-state index in [0.29, 0.717) is 6.04 Å². The van der Waals surface area contributed by atoms with E-state index in [4.69, 9.17) is 0 Å². The van der Waals surface area contributed by atoms with Crippen LogP contribution in [0.5, 0.6) is 0 Å². The Bertz CT molecular complexity index is 358. The Labute approximate surface area is 104 Å². The van der Waals surface area contributed by atoms with Crippen molar-refractivity contribution in [3.63, 3.8) is 0 Å². The van der Waals surface area contributed by atoms with Gasteiger partial charge < -0.3 is 10.2 Å². The minimum Gasteiger partial charge on any atom is -0.311 e. The molecule has 1 saturated heterocycles. The van der Waals surface area contributed by atoms with E-state index in [-0.39, 0.29) is 0 Å². The van der Waals surface area contributed by atoms with E-state index in [1.807, 2.05) is 17.9 Å². The van der Waals surface area contributed by atoms with Crippen LogP contribution in [0, 0.1) is 6.92 Å². The van der Waals surface area contributed by atoms with Crippen molar-refractivity contribution in [2.24, 2.45) is 7.05 Å². The second kappa shape index (κ2) is 5.65. The molecule has 17 heavy (non-hydrogen) atoms. The van der Waals surface area contributed by atoms with Crippen LogP contribution in [0.2, 0.25) is 0 Å². The van der Waals surface area contributed by atoms with Gasteiger partial charge in [-0.2, -0.15) is 5.10 Å². The first kappa shape index (κ1) is 12.6. The molecule has 1 atom stereocenters. The van der Waals surface area contributed by atoms with E-state index in [2.05, 4.69) is 29.3 Å². The van der Waals surface area contributed by atoms with Crippen molar-refractivity contribution in [3.05, 3.63) is 17.5 Å². The molecular formula is C13H24N4. The van der Waals surface area contributed by atoms with Gasteiger partial charge in [-0.15, -0.1) is 0 Å². The van der Waals surface area contributed by atoms with Gasteiger partial charge in [0.05, 0.1) is 6.20 Å². The number of piperidine rings is 1. The van der Waals surface area contributed by atoms with Crippen LogP contribution in [0.4, 0.5) is 0 Å². The number of hydrogen-bond donors (Lipinski definition) is 1. The van der Waals surface area contributed by atoms with Crippen molar-refractivity contribution in [2.45, 2.75) is 38.8 Å². The van der Waals surface area contributed by atoms with Crippen LogP contribution in [-0.2, 0) is 13.6 Å². The predicted molar refractivity (Wildman–Crippen MR) is 69.9 cm³/mol. The summed E-state index contributed by atoms with van der Waals surface area (Å²) in [5.74, 6) is 0. The van der Waals surface area contributed by atoms with Crippen molar-refractivity contribution in [1.82, 2.24) is 20.0 Å². The predicted octanol–water partition coefficient (Wildman–Crippen LogP) is 1.30. The molecule has 1 fully saturated rings. The zero-order valence-electron chi connectivity index (χ0n) is 11.2. The fourth-order valence-corrected chi connectivity index (χ4v) is 2.49. The average molecular weight is 236 g/mol. The molecule has 1 aliphatic heterocycles. The second-order valence-corrected chi connectivity index (χ2v) is 5.14. The van der Waals surface area contributed by atoms with Crippen LogP contribution in [0.25, 0.3) is 0 Å². The summed E-state index contributed by atoms with van der Waals surface area (Å²) in [6.45, 7) is 5.39. The molecule has 1 aromatic heterocycles. The van der Waals surface area contributed by atoms with Crippen molar-refractivity contribution in [3.8, 4) is 0 Å². The lowest BCUT2D eigenvalue weighted by Crippen LogP contribution is -2.42. The summed E-state index contributed by atoms with van der Waals surface area (Å²) >= 11 is 0. The molecule has 4 nitrogen and oxygen atoms in total. The Balaban J connectivity index is 1.77. The van der Waals surface area contributed by atoms with E-state index >= 15 is 0 Å². The molecule has 0 bridgehead atoms. The second-order valence-electron chi connectivity index (χ2n) is 5.14. The van der Waals surface area contributed by atoms with Gasteiger partial charge in [0.2, 0.25) is 0 Å². The third kappa shape index (κ3) is 3.07. The summed E-state index contributed by atoms with van der Waals surface area (Å²) in [4.78, 5) is 2.48. The summed E-state index contributed by atoms with van der Waals surface area (Å²) in [5.41, 5.74) is 2.57. The molecule has 0 aromatic carbocycles. The maximum atomic E-state index is 4.26. The molecule has 4 heteroatoms. The Kier molecular flexibility index (Phi) is 4.18. The van der Waals surface area contributed by atoms with E-state index < -0.39 is 0 Å². The maximum absolute atomic E-state index is 4.26. The Morgan fingerprint density at radius 1 is 1.41 bits per heavy atom. The minimum absolute atomic E-state index is 0.709. The Morgan fingerprint density at radius 3 is 2.88 bits per heavy atom. The number of rotatable bonds is 4. The Hall–Kier alpha value is -0.870. The molecule has 1 aliphatic rings. The van der Waals surface area contributed by atoms with Crippen LogP contribution in [-0.4, -0.2) is 40.9 Å². The maximum Gasteiger partial charge on any atom is 0.0537 e. The van der Waals surface area contributed by atoms with E-state index in [1.165, 1.54) is 37.1 Å². The van der Waals surface area contributed by atoms with Crippen LogP contribution in [0.1, 0.15) is 30.5 Å². The highest BCUT2D eigenvalue weighted by Gasteiger charge is 2.18. The molecule has 0 aliphatic carbocycles. The first-order valence-electron chi connectivity index (χ1n) is 6.57. The highest BCUT2D eigenvalue weighted by molar-refractivity contribution is 5.15. The fourth-order valence-electron chi connectivity index (χ4n) is 2.49. The van der Waals surface area contributed by atoms with Crippen molar-refractivity contribution in [2.75, 3.05) is 20.1 Å². The molecule has 96 valence electrons. The van der Waals surface area contributed by atoms with Gasteiger partial charge in [0.25, 0.3) is 0 Å². The Morgan fingerprint density at radius 2 is 2.24 bits per heavy atom. The lowest BCUT2D eigenvalue weighted by Gasteiger charge is -2.32. The minimum atomic E-state index is 0.709. The summed E-state index contributed by atoms with van der Waals surface area (Å²) in [7, 11) is 4.23. The molecule has 0 spiro atoms. The third-order valence-electron chi connectivity index (χ3n) is 3.95. The van der Waals surface area contributed by atoms with Crippen LogP contribution in [0.3, 0.4) is 0 Å². The van der Waals surface area contributed by atoms with Gasteiger partial charge in [-0.05, 0) is 33.4 Å². The van der Waals surface area contributed by atoms with Gasteiger partial charge in [-0.3, -0.25) is 4.68 Å². The summed E-state index contributed by atoms with van der Waals surface area (Å²) < 4.78 is 1.93. The van der Waals surface area contributed by atoms with E-state index in [1.54, 1.807) is 0 Å². The van der Waals surface area contributed by atoms with Gasteiger partial charge in [-0.25, -0.2) is 0 Å². The molecule has 2 rings (SSSR count). The number of nitrogens with one attached hydrogen (secondary N) is 1. The number of aromatic nitrogens is 2. The van der Waals surface area contributed by atoms with Crippen molar-refractivity contribution < 1.29 is 0 Å². The van der Waals surface area contributed by atoms with Crippen LogP contribution in [0.15, 0.2) is 6.20 Å². The number of likely N-dealkylation sites (N-methyl/N-ethyl adjacent to an activating group) is 1. The number of hydrogen-bond acceptors (Lipinski definition) is 3. The largest absolute Gasteiger partial charge is 0.311 e. The molecular weight excluding hydrogens is 212 g/mol. The molecule has 0 radical (unpaired) electrons. The van der Waals surface area contributed by atoms with Crippen LogP contribution < -0.4 is 5.32 Å². The van der Waals surface area contributed by atoms with E-state index in [0.717, 1.165) is 13.1 Å². The third-order valence-corrected chi connectivity index (χ3v) is 3.95. The monoisotopic (exact) mass is 236 g/mol. The van der Waals surface area contributed by atoms with Crippen molar-refractivity contribution >= 4 is 0 Å². The quantitative estimate of drug-likeness (QED) is 0.855. The SMILES string of the molecule is Cc1c(CNCC2CCCCN2C)cnn1C. The van der Waals surface area contributed by atoms with Crippen LogP contribution >= 0.6 is 0 Å². The van der Waals surface area contributed by atoms with Gasteiger partial charge in [0.1, 0.15) is 0 Å². The van der Waals surface area contributed by atoms with E-state index in [9.17, 15) is 0 Å². The standard InChI is InChI=1S/C13H24N4/c1-11-12(9-15-17(11)3)8-14-10-13-6-4-5-7-16(13)2/h9,13-14H,4-8,10H2,1-3H3. The number of aryl methyl sites for hydroxylation is 1. The van der Waals surface area contributed by atoms with Crippen molar-refractivity contribution in [1.29, 1.82) is 0 Å². The summed E-state index contributed by atoms with van der Waals surface area (Å²) in [5, 5.41) is 7.82. The van der Waals surface area contributed by atoms with Gasteiger partial charge in [0.15, 0.2) is 0 Å². The summed E-state index contributed by atoms with van der Waals surface area (Å²) in [6.07, 6.45) is 6.03. The van der Waals surface area contributed by atoms with Gasteiger partial charge in [-0.1, -0.05) is 6.42 Å². The van der Waals surface area contributed by atoms with Gasteiger partial charge >= 0.3 is 0 Å². The number of nitrogens with zero attached hydrogens (tertiary/aromatic N) is 3. The zero-order chi connectivity index (χ0) is 12.3. The van der Waals surface area contributed by atoms with Gasteiger partial charge in [0, 0.05) is 37.4 Å². The zero-order valence-corrected chi connectivity index (χ0v) is 11.2. The summed E-state index contributed by atoms with van der Waals surface area (Å²) in [6, 6.07) is 0.709. The highest BCUT2D eigenvalue weighted by atomic mass is 15.3. The lowest BCUT2D eigenvalue weighted by molar-refractivity contribution is 0.181. The lowest BCUT2D eigenvalue weighted by atomic mass is 10.0. The first-order chi connectivity index (χ1) is 8.18. The normalized spacial score (nSPS) is 21.9. The smallest absolute Gasteiger partial charge is 0.0537 e. The average Bonchev–Trinajstić information content (AvgIpc) is 2.63. The molecule has 2 heterocycles. The number of likely N-dealkylation sites (tertiary alicyclic amines) is 1. The molecule has 0 saturated carbocycles. The fraction of sp³-hybridized carbons (Fsp3) is 0.769. The highest BCUT2D eigenvalue weighted by Crippen LogP contribution is 2.14. The molecule has 1 unspecified atom stereocenters. The topological polar surface area (TPSA) is 33.1 Å². The molecule has 0 amide bonds. The first-order valence-corrected chi connectivity index (χ1v) is 6.57. The molecule has 1 aromatic rings. The molecule has 1 N–H and O–H groups in total.